The summed E-state index contributed by atoms with van der Waals surface area (Å²) in [6, 6.07) is 5.31. The van der Waals surface area contributed by atoms with Crippen LogP contribution in [0.15, 0.2) is 48.1 Å². The van der Waals surface area contributed by atoms with E-state index in [0.29, 0.717) is 11.5 Å². The zero-order chi connectivity index (χ0) is 23.8. The van der Waals surface area contributed by atoms with Crippen LogP contribution in [0.25, 0.3) is 23.5 Å². The van der Waals surface area contributed by atoms with Gasteiger partial charge in [-0.05, 0) is 62.0 Å². The van der Waals surface area contributed by atoms with Crippen molar-refractivity contribution in [3.8, 4) is 11.4 Å². The van der Waals surface area contributed by atoms with Crippen LogP contribution in [0.3, 0.4) is 0 Å². The summed E-state index contributed by atoms with van der Waals surface area (Å²) in [6.45, 7) is 14.6. The van der Waals surface area contributed by atoms with Gasteiger partial charge in [-0.1, -0.05) is 64.5 Å². The summed E-state index contributed by atoms with van der Waals surface area (Å²) in [6.07, 6.45) is 14.0. The number of anilines is 1. The summed E-state index contributed by atoms with van der Waals surface area (Å²) >= 11 is 0. The Morgan fingerprint density at radius 1 is 1.19 bits per heavy atom. The van der Waals surface area contributed by atoms with Crippen LogP contribution in [0.2, 0.25) is 0 Å². The fourth-order valence-electron chi connectivity index (χ4n) is 4.00. The largest absolute Gasteiger partial charge is 0.508 e. The zero-order valence-electron chi connectivity index (χ0n) is 20.3. The minimum atomic E-state index is 0.193. The van der Waals surface area contributed by atoms with Gasteiger partial charge in [0, 0.05) is 22.5 Å². The third kappa shape index (κ3) is 5.56. The predicted molar refractivity (Wildman–Crippen MR) is 140 cm³/mol. The summed E-state index contributed by atoms with van der Waals surface area (Å²) in [5.74, 6) is 0.719. The molecule has 2 aromatic rings. The van der Waals surface area contributed by atoms with E-state index in [1.165, 1.54) is 11.1 Å². The van der Waals surface area contributed by atoms with Crippen LogP contribution >= 0.6 is 0 Å². The number of nitrogens with zero attached hydrogens (tertiary/aromatic N) is 1. The molecule has 5 N–H and O–H groups in total. The monoisotopic (exact) mass is 433 g/mol. The molecule has 4 heteroatoms. The number of phenolic OH excluding ortho intramolecular Hbond substituents is 1. The highest BCUT2D eigenvalue weighted by Gasteiger charge is 2.16. The van der Waals surface area contributed by atoms with Gasteiger partial charge in [0.15, 0.2) is 0 Å². The van der Waals surface area contributed by atoms with Crippen molar-refractivity contribution in [2.24, 2.45) is 5.73 Å². The molecule has 0 aliphatic heterocycles. The van der Waals surface area contributed by atoms with E-state index < -0.39 is 0 Å². The Morgan fingerprint density at radius 2 is 1.91 bits per heavy atom. The van der Waals surface area contributed by atoms with Crippen molar-refractivity contribution in [3.05, 3.63) is 69.8 Å². The highest BCUT2D eigenvalue weighted by molar-refractivity contribution is 5.74. The van der Waals surface area contributed by atoms with Crippen molar-refractivity contribution in [3.63, 3.8) is 0 Å². The molecule has 0 aliphatic carbocycles. The van der Waals surface area contributed by atoms with E-state index in [2.05, 4.69) is 58.6 Å². The maximum Gasteiger partial charge on any atom is 0.118 e. The molecule has 0 saturated heterocycles. The maximum absolute atomic E-state index is 10.2. The summed E-state index contributed by atoms with van der Waals surface area (Å²) in [5, 5.41) is 12.1. The second kappa shape index (κ2) is 11.5. The molecule has 172 valence electrons. The van der Waals surface area contributed by atoms with Gasteiger partial charge in [-0.15, -0.1) is 0 Å². The van der Waals surface area contributed by atoms with E-state index in [9.17, 15) is 5.11 Å². The minimum absolute atomic E-state index is 0.193. The molecule has 1 aromatic heterocycles. The molecule has 0 spiro atoms. The molecule has 0 unspecified atom stereocenters. The van der Waals surface area contributed by atoms with Crippen molar-refractivity contribution < 1.29 is 5.11 Å². The van der Waals surface area contributed by atoms with Crippen LogP contribution in [-0.2, 0) is 0 Å². The molecule has 0 radical (unpaired) electrons. The van der Waals surface area contributed by atoms with Crippen LogP contribution in [-0.4, -0.2) is 9.67 Å². The van der Waals surface area contributed by atoms with Crippen LogP contribution in [0.5, 0.6) is 5.75 Å². The quantitative estimate of drug-likeness (QED) is 0.460. The van der Waals surface area contributed by atoms with Crippen LogP contribution in [0.1, 0.15) is 70.9 Å². The number of benzene rings is 1. The van der Waals surface area contributed by atoms with Gasteiger partial charge < -0.3 is 16.6 Å². The van der Waals surface area contributed by atoms with Crippen LogP contribution in [0, 0.1) is 6.92 Å². The number of nitrogens with two attached hydrogens (primary N) is 2. The molecule has 0 atom stereocenters. The average molecular weight is 434 g/mol. The van der Waals surface area contributed by atoms with Gasteiger partial charge in [0.2, 0.25) is 0 Å². The summed E-state index contributed by atoms with van der Waals surface area (Å²) < 4.78 is 1.98. The number of unbranched alkanes of at least 4 members (excludes halogenated alkanes) is 1. The molecule has 1 aromatic carbocycles. The SMILES string of the molecule is C=C(N)c1c(N)n(-c2cc(O)ccc2C)c(=C/C=C(C)/C(=C/CCC)CCC)/c1=C/CC. The fraction of sp³-hybridized carbons (Fsp3) is 0.357. The topological polar surface area (TPSA) is 77.2 Å². The normalized spacial score (nSPS) is 13.8. The van der Waals surface area contributed by atoms with E-state index in [-0.39, 0.29) is 5.75 Å². The molecule has 0 aliphatic rings. The second-order valence-electron chi connectivity index (χ2n) is 8.29. The second-order valence-corrected chi connectivity index (χ2v) is 8.29. The van der Waals surface area contributed by atoms with Gasteiger partial charge in [-0.2, -0.15) is 0 Å². The van der Waals surface area contributed by atoms with Gasteiger partial charge in [0.25, 0.3) is 0 Å². The van der Waals surface area contributed by atoms with E-state index in [1.54, 1.807) is 12.1 Å². The van der Waals surface area contributed by atoms with E-state index >= 15 is 0 Å². The number of phenols is 1. The lowest BCUT2D eigenvalue weighted by atomic mass is 10.0. The minimum Gasteiger partial charge on any atom is -0.508 e. The molecule has 1 heterocycles. The highest BCUT2D eigenvalue weighted by Crippen LogP contribution is 2.24. The number of hydrogen-bond acceptors (Lipinski definition) is 3. The van der Waals surface area contributed by atoms with Gasteiger partial charge >= 0.3 is 0 Å². The van der Waals surface area contributed by atoms with Gasteiger partial charge in [0.1, 0.15) is 11.6 Å². The molecule has 32 heavy (non-hydrogen) atoms. The number of aryl methyl sites for hydroxylation is 1. The maximum atomic E-state index is 10.2. The number of aromatic hydroxyl groups is 1. The first-order valence-corrected chi connectivity index (χ1v) is 11.6. The lowest BCUT2D eigenvalue weighted by molar-refractivity contribution is 0.475. The molecule has 0 amide bonds. The summed E-state index contributed by atoms with van der Waals surface area (Å²) in [5.41, 5.74) is 18.5. The van der Waals surface area contributed by atoms with E-state index in [1.807, 2.05) is 17.6 Å². The van der Waals surface area contributed by atoms with Gasteiger partial charge in [0.05, 0.1) is 11.0 Å². The Balaban J connectivity index is 2.91. The van der Waals surface area contributed by atoms with Crippen molar-refractivity contribution >= 4 is 23.7 Å². The zero-order valence-corrected chi connectivity index (χ0v) is 20.3. The molecule has 0 saturated carbocycles. The first-order valence-electron chi connectivity index (χ1n) is 11.6. The van der Waals surface area contributed by atoms with Gasteiger partial charge in [-0.3, -0.25) is 4.57 Å². The third-order valence-corrected chi connectivity index (χ3v) is 5.64. The number of allylic oxidation sites excluding steroid dienone is 4. The molecule has 4 nitrogen and oxygen atoms in total. The highest BCUT2D eigenvalue weighted by atomic mass is 16.3. The average Bonchev–Trinajstić information content (AvgIpc) is 3.02. The van der Waals surface area contributed by atoms with Crippen molar-refractivity contribution in [2.45, 2.75) is 66.7 Å². The van der Waals surface area contributed by atoms with Crippen LogP contribution in [0.4, 0.5) is 5.82 Å². The molecule has 2 rings (SSSR count). The Labute approximate surface area is 193 Å². The number of hydrogen-bond donors (Lipinski definition) is 3. The Kier molecular flexibility index (Phi) is 9.01. The fourth-order valence-corrected chi connectivity index (χ4v) is 4.00. The van der Waals surface area contributed by atoms with E-state index in [4.69, 9.17) is 11.5 Å². The molecular formula is C28H39N3O. The van der Waals surface area contributed by atoms with Crippen LogP contribution < -0.4 is 22.0 Å². The first kappa shape index (κ1) is 25.1. The summed E-state index contributed by atoms with van der Waals surface area (Å²) in [7, 11) is 0. The van der Waals surface area contributed by atoms with Crippen molar-refractivity contribution in [1.29, 1.82) is 0 Å². The lowest BCUT2D eigenvalue weighted by Crippen LogP contribution is -2.30. The number of rotatable bonds is 9. The molecule has 0 fully saturated rings. The number of aromatic nitrogens is 1. The van der Waals surface area contributed by atoms with Crippen molar-refractivity contribution in [1.82, 2.24) is 4.57 Å². The summed E-state index contributed by atoms with van der Waals surface area (Å²) in [4.78, 5) is 0. The Morgan fingerprint density at radius 3 is 2.50 bits per heavy atom. The molecular weight excluding hydrogens is 394 g/mol. The smallest absolute Gasteiger partial charge is 0.118 e. The van der Waals surface area contributed by atoms with E-state index in [0.717, 1.165) is 59.5 Å². The number of nitrogen functional groups attached to an aromatic ring is 1. The lowest BCUT2D eigenvalue weighted by Gasteiger charge is -2.12. The van der Waals surface area contributed by atoms with Crippen molar-refractivity contribution in [2.75, 3.05) is 5.73 Å². The third-order valence-electron chi connectivity index (χ3n) is 5.64. The molecule has 0 bridgehead atoms. The Hall–Kier alpha value is -3.14. The standard InChI is InChI=1S/C28H39N3O/c1-7-10-13-22(11-8-2)19(4)15-17-25-24(12-9-3)27(21(6)29)28(30)31(25)26-18-23(32)16-14-20(26)5/h12-18,32H,6-11,29-30H2,1-5H3/b19-15+,22-13+,24-12-,25-17+. The predicted octanol–water partition coefficient (Wildman–Crippen LogP) is 5.45. The first-order chi connectivity index (χ1) is 15.3. The Bertz CT molecular complexity index is 1150. The van der Waals surface area contributed by atoms with Gasteiger partial charge in [-0.25, -0.2) is 0 Å².